The Morgan fingerprint density at radius 3 is 2.50 bits per heavy atom. The van der Waals surface area contributed by atoms with E-state index in [1.54, 1.807) is 0 Å². The lowest BCUT2D eigenvalue weighted by Crippen LogP contribution is -2.33. The Hall–Kier alpha value is -2.65. The van der Waals surface area contributed by atoms with Crippen LogP contribution < -0.4 is 9.62 Å². The topological polar surface area (TPSA) is 110 Å². The number of nitro benzene ring substituents is 1. The number of carbonyl (C=O) groups is 1. The number of nitrogens with zero attached hydrogens (tertiary/aromatic N) is 2. The summed E-state index contributed by atoms with van der Waals surface area (Å²) in [5, 5.41) is 13.9. The number of nitro groups is 1. The molecule has 1 atom stereocenters. The van der Waals surface area contributed by atoms with Crippen LogP contribution in [-0.2, 0) is 14.8 Å². The Balaban J connectivity index is 1.97. The Morgan fingerprint density at radius 2 is 1.90 bits per heavy atom. The highest BCUT2D eigenvalue weighted by Crippen LogP contribution is 2.31. The second-order valence-electron chi connectivity index (χ2n) is 6.95. The van der Waals surface area contributed by atoms with Crippen molar-refractivity contribution in [2.75, 3.05) is 23.7 Å². The van der Waals surface area contributed by atoms with Crippen LogP contribution in [0.1, 0.15) is 31.2 Å². The van der Waals surface area contributed by atoms with Crippen LogP contribution >= 0.6 is 11.6 Å². The minimum absolute atomic E-state index is 0.0199. The lowest BCUT2D eigenvalue weighted by molar-refractivity contribution is -0.384. The normalized spacial score (nSPS) is 12.2. The molecule has 0 heterocycles. The summed E-state index contributed by atoms with van der Waals surface area (Å²) in [6, 6.07) is 13.4. The molecule has 2 aromatic rings. The molecule has 0 radical (unpaired) electrons. The van der Waals surface area contributed by atoms with Gasteiger partial charge >= 0.3 is 0 Å². The summed E-state index contributed by atoms with van der Waals surface area (Å²) in [6.45, 7) is 2.45. The highest BCUT2D eigenvalue weighted by molar-refractivity contribution is 7.92. The zero-order valence-electron chi connectivity index (χ0n) is 16.7. The van der Waals surface area contributed by atoms with Crippen LogP contribution in [0.25, 0.3) is 0 Å². The van der Waals surface area contributed by atoms with Gasteiger partial charge in [0.25, 0.3) is 5.69 Å². The van der Waals surface area contributed by atoms with Crippen LogP contribution in [0.15, 0.2) is 48.5 Å². The van der Waals surface area contributed by atoms with Gasteiger partial charge in [-0.1, -0.05) is 48.9 Å². The minimum atomic E-state index is -3.75. The van der Waals surface area contributed by atoms with E-state index in [0.717, 1.165) is 22.2 Å². The fourth-order valence-corrected chi connectivity index (χ4v) is 4.15. The summed E-state index contributed by atoms with van der Waals surface area (Å²) in [7, 11) is -3.75. The van der Waals surface area contributed by atoms with E-state index in [1.807, 2.05) is 37.3 Å². The van der Waals surface area contributed by atoms with Crippen molar-refractivity contribution in [1.29, 1.82) is 0 Å². The van der Waals surface area contributed by atoms with Crippen LogP contribution in [-0.4, -0.2) is 38.6 Å². The van der Waals surface area contributed by atoms with Crippen LogP contribution in [0.2, 0.25) is 5.02 Å². The van der Waals surface area contributed by atoms with Gasteiger partial charge in [0, 0.05) is 31.6 Å². The van der Waals surface area contributed by atoms with E-state index in [4.69, 9.17) is 11.6 Å². The number of hydrogen-bond acceptors (Lipinski definition) is 5. The molecule has 1 amide bonds. The van der Waals surface area contributed by atoms with E-state index in [2.05, 4.69) is 5.32 Å². The van der Waals surface area contributed by atoms with E-state index in [-0.39, 0.29) is 47.6 Å². The van der Waals surface area contributed by atoms with E-state index in [0.29, 0.717) is 6.54 Å². The van der Waals surface area contributed by atoms with E-state index in [9.17, 15) is 23.3 Å². The molecule has 0 saturated carbocycles. The third-order valence-corrected chi connectivity index (χ3v) is 6.05. The minimum Gasteiger partial charge on any atom is -0.356 e. The Morgan fingerprint density at radius 1 is 1.23 bits per heavy atom. The molecule has 0 aromatic heterocycles. The number of amides is 1. The zero-order chi connectivity index (χ0) is 22.3. The van der Waals surface area contributed by atoms with Gasteiger partial charge in [-0.3, -0.25) is 19.2 Å². The molecule has 0 unspecified atom stereocenters. The molecule has 0 bridgehead atoms. The van der Waals surface area contributed by atoms with Crippen molar-refractivity contribution < 1.29 is 18.1 Å². The predicted octanol–water partition coefficient (Wildman–Crippen LogP) is 3.71. The quantitative estimate of drug-likeness (QED) is 0.435. The average molecular weight is 454 g/mol. The molecule has 30 heavy (non-hydrogen) atoms. The first-order valence-electron chi connectivity index (χ1n) is 9.33. The number of carbonyl (C=O) groups excluding carboxylic acids is 1. The first-order valence-corrected chi connectivity index (χ1v) is 11.6. The SMILES string of the molecule is C[C@H](CNC(=O)CCCN(c1cc([N+](=O)[O-])ccc1Cl)S(C)(=O)=O)c1ccccc1. The number of hydrogen-bond donors (Lipinski definition) is 1. The molecular formula is C20H24ClN3O5S. The molecule has 10 heteroatoms. The summed E-state index contributed by atoms with van der Waals surface area (Å²) >= 11 is 6.08. The Bertz CT molecular complexity index is 999. The summed E-state index contributed by atoms with van der Waals surface area (Å²) < 4.78 is 25.4. The number of benzene rings is 2. The third kappa shape index (κ3) is 6.70. The number of anilines is 1. The van der Waals surface area contributed by atoms with Gasteiger partial charge < -0.3 is 5.32 Å². The molecule has 2 aromatic carbocycles. The van der Waals surface area contributed by atoms with Crippen molar-refractivity contribution in [3.63, 3.8) is 0 Å². The molecule has 1 N–H and O–H groups in total. The maximum Gasteiger partial charge on any atom is 0.271 e. The molecule has 0 saturated heterocycles. The molecule has 0 aliphatic heterocycles. The van der Waals surface area contributed by atoms with Crippen molar-refractivity contribution in [2.45, 2.75) is 25.7 Å². The third-order valence-electron chi connectivity index (χ3n) is 4.55. The average Bonchev–Trinajstić information content (AvgIpc) is 2.69. The van der Waals surface area contributed by atoms with Crippen LogP contribution in [0.5, 0.6) is 0 Å². The number of sulfonamides is 1. The van der Waals surface area contributed by atoms with Gasteiger partial charge in [0.05, 0.1) is 21.9 Å². The van der Waals surface area contributed by atoms with E-state index >= 15 is 0 Å². The first kappa shape index (κ1) is 23.6. The fourth-order valence-electron chi connectivity index (χ4n) is 2.91. The van der Waals surface area contributed by atoms with Crippen LogP contribution in [0.3, 0.4) is 0 Å². The number of non-ortho nitro benzene ring substituents is 1. The van der Waals surface area contributed by atoms with E-state index in [1.165, 1.54) is 12.1 Å². The van der Waals surface area contributed by atoms with Gasteiger partial charge in [0.15, 0.2) is 0 Å². The van der Waals surface area contributed by atoms with Gasteiger partial charge in [0.1, 0.15) is 0 Å². The lowest BCUT2D eigenvalue weighted by Gasteiger charge is -2.23. The van der Waals surface area contributed by atoms with E-state index < -0.39 is 14.9 Å². The summed E-state index contributed by atoms with van der Waals surface area (Å²) in [4.78, 5) is 22.6. The maximum absolute atomic E-state index is 12.2. The van der Waals surface area contributed by atoms with Crippen LogP contribution in [0.4, 0.5) is 11.4 Å². The van der Waals surface area contributed by atoms with Gasteiger partial charge in [-0.05, 0) is 24.0 Å². The van der Waals surface area contributed by atoms with Gasteiger partial charge in [-0.2, -0.15) is 0 Å². The first-order chi connectivity index (χ1) is 14.1. The van der Waals surface area contributed by atoms with Gasteiger partial charge in [0.2, 0.25) is 15.9 Å². The molecule has 0 spiro atoms. The monoisotopic (exact) mass is 453 g/mol. The Kier molecular flexibility index (Phi) is 8.19. The second kappa shape index (κ2) is 10.4. The van der Waals surface area contributed by atoms with Gasteiger partial charge in [-0.25, -0.2) is 8.42 Å². The number of rotatable bonds is 10. The van der Waals surface area contributed by atoms with Crippen molar-refractivity contribution in [1.82, 2.24) is 5.32 Å². The zero-order valence-corrected chi connectivity index (χ0v) is 18.3. The molecular weight excluding hydrogens is 430 g/mol. The Labute approximate surface area is 181 Å². The molecule has 0 aliphatic rings. The second-order valence-corrected chi connectivity index (χ2v) is 9.26. The van der Waals surface area contributed by atoms with Crippen molar-refractivity contribution in [3.05, 3.63) is 69.2 Å². The van der Waals surface area contributed by atoms with Crippen LogP contribution in [0, 0.1) is 10.1 Å². The summed E-state index contributed by atoms with van der Waals surface area (Å²) in [5.74, 6) is -0.0530. The van der Waals surface area contributed by atoms with Crippen molar-refractivity contribution in [3.8, 4) is 0 Å². The highest BCUT2D eigenvalue weighted by atomic mass is 35.5. The van der Waals surface area contributed by atoms with Gasteiger partial charge in [-0.15, -0.1) is 0 Å². The fraction of sp³-hybridized carbons (Fsp3) is 0.350. The lowest BCUT2D eigenvalue weighted by atomic mass is 10.0. The maximum atomic E-state index is 12.2. The standard InChI is InChI=1S/C20H24ClN3O5S/c1-15(16-7-4-3-5-8-16)14-22-20(25)9-6-12-23(30(2,28)29)19-13-17(24(26)27)10-11-18(19)21/h3-5,7-8,10-11,13,15H,6,9,12,14H2,1-2H3,(H,22,25)/t15-/m1/s1. The molecule has 8 nitrogen and oxygen atoms in total. The largest absolute Gasteiger partial charge is 0.356 e. The molecule has 0 fully saturated rings. The predicted molar refractivity (Wildman–Crippen MR) is 117 cm³/mol. The van der Waals surface area contributed by atoms with Crippen molar-refractivity contribution >= 4 is 38.9 Å². The number of nitrogens with one attached hydrogen (secondary N) is 1. The smallest absolute Gasteiger partial charge is 0.271 e. The highest BCUT2D eigenvalue weighted by Gasteiger charge is 2.22. The summed E-state index contributed by atoms with van der Waals surface area (Å²) in [6.07, 6.45) is 1.33. The molecule has 162 valence electrons. The number of halogens is 1. The van der Waals surface area contributed by atoms with Crippen molar-refractivity contribution in [2.24, 2.45) is 0 Å². The summed E-state index contributed by atoms with van der Waals surface area (Å²) in [5.41, 5.74) is 0.864. The molecule has 0 aliphatic carbocycles. The molecule has 2 rings (SSSR count).